The lowest BCUT2D eigenvalue weighted by atomic mass is 10.1. The van der Waals surface area contributed by atoms with Gasteiger partial charge >= 0.3 is 0 Å². The Morgan fingerprint density at radius 2 is 2.42 bits per heavy atom. The van der Waals surface area contributed by atoms with Gasteiger partial charge in [0.15, 0.2) is 0 Å². The van der Waals surface area contributed by atoms with Crippen LogP contribution in [-0.2, 0) is 4.79 Å². The highest BCUT2D eigenvalue weighted by atomic mass is 32.2. The molecule has 0 bridgehead atoms. The van der Waals surface area contributed by atoms with Crippen LogP contribution in [0.4, 0.5) is 0 Å². The zero-order valence-electron chi connectivity index (χ0n) is 7.43. The Balaban J connectivity index is 1.85. The third-order valence-electron chi connectivity index (χ3n) is 1.97. The maximum atomic E-state index is 10.8. The minimum absolute atomic E-state index is 0.147. The molecule has 0 aromatic heterocycles. The van der Waals surface area contributed by atoms with Crippen LogP contribution < -0.4 is 10.6 Å². The van der Waals surface area contributed by atoms with Gasteiger partial charge in [-0.15, -0.1) is 0 Å². The van der Waals surface area contributed by atoms with Crippen molar-refractivity contribution in [2.45, 2.75) is 6.42 Å². The second-order valence-electron chi connectivity index (χ2n) is 3.02. The molecule has 1 aliphatic heterocycles. The first-order valence-corrected chi connectivity index (χ1v) is 5.47. The molecule has 3 nitrogen and oxygen atoms in total. The van der Waals surface area contributed by atoms with Crippen LogP contribution in [0.25, 0.3) is 0 Å². The molecule has 12 heavy (non-hydrogen) atoms. The predicted molar refractivity (Wildman–Crippen MR) is 52.4 cm³/mol. The molecule has 0 atom stereocenters. The van der Waals surface area contributed by atoms with E-state index in [1.165, 1.54) is 5.75 Å². The summed E-state index contributed by atoms with van der Waals surface area (Å²) in [5.74, 6) is 3.15. The molecule has 1 fully saturated rings. The molecule has 1 rings (SSSR count). The van der Waals surface area contributed by atoms with Crippen molar-refractivity contribution < 1.29 is 4.79 Å². The Bertz CT molecular complexity index is 148. The molecule has 1 aliphatic rings. The average molecular weight is 188 g/mol. The zero-order chi connectivity index (χ0) is 8.81. The van der Waals surface area contributed by atoms with E-state index < -0.39 is 0 Å². The van der Waals surface area contributed by atoms with Crippen molar-refractivity contribution in [2.24, 2.45) is 5.92 Å². The van der Waals surface area contributed by atoms with E-state index in [2.05, 4.69) is 10.6 Å². The van der Waals surface area contributed by atoms with Gasteiger partial charge < -0.3 is 10.6 Å². The van der Waals surface area contributed by atoms with Crippen LogP contribution in [0.1, 0.15) is 6.42 Å². The van der Waals surface area contributed by atoms with Gasteiger partial charge in [0.2, 0.25) is 5.91 Å². The van der Waals surface area contributed by atoms with E-state index in [-0.39, 0.29) is 5.91 Å². The van der Waals surface area contributed by atoms with E-state index in [1.807, 2.05) is 11.8 Å². The van der Waals surface area contributed by atoms with Crippen molar-refractivity contribution in [2.75, 3.05) is 31.6 Å². The largest absolute Gasteiger partial charge is 0.359 e. The first-order chi connectivity index (χ1) is 5.83. The van der Waals surface area contributed by atoms with Gasteiger partial charge in [-0.25, -0.2) is 0 Å². The van der Waals surface area contributed by atoms with Crippen molar-refractivity contribution in [1.82, 2.24) is 10.6 Å². The van der Waals surface area contributed by atoms with E-state index in [4.69, 9.17) is 0 Å². The van der Waals surface area contributed by atoms with Gasteiger partial charge in [-0.3, -0.25) is 4.79 Å². The second kappa shape index (κ2) is 5.43. The molecule has 1 amide bonds. The van der Waals surface area contributed by atoms with Crippen LogP contribution in [0.15, 0.2) is 0 Å². The van der Waals surface area contributed by atoms with Crippen molar-refractivity contribution >= 4 is 17.7 Å². The van der Waals surface area contributed by atoms with E-state index in [9.17, 15) is 4.79 Å². The molecular weight excluding hydrogens is 172 g/mol. The van der Waals surface area contributed by atoms with E-state index in [0.717, 1.165) is 24.8 Å². The Hall–Kier alpha value is -0.220. The standard InChI is InChI=1S/C8H16N2OS/c1-9-8(11)2-3-12-6-7-4-10-5-7/h7,10H,2-6H2,1H3,(H,9,11). The van der Waals surface area contributed by atoms with Gasteiger partial charge in [0.05, 0.1) is 0 Å². The summed E-state index contributed by atoms with van der Waals surface area (Å²) >= 11 is 1.88. The fraction of sp³-hybridized carbons (Fsp3) is 0.875. The number of rotatable bonds is 5. The van der Waals surface area contributed by atoms with Crippen molar-refractivity contribution in [3.8, 4) is 0 Å². The summed E-state index contributed by atoms with van der Waals surface area (Å²) in [6.07, 6.45) is 0.654. The Labute approximate surface area is 77.7 Å². The van der Waals surface area contributed by atoms with Gasteiger partial charge in [0.1, 0.15) is 0 Å². The molecule has 1 saturated heterocycles. The summed E-state index contributed by atoms with van der Waals surface area (Å²) in [7, 11) is 1.68. The van der Waals surface area contributed by atoms with Crippen LogP contribution in [0.3, 0.4) is 0 Å². The van der Waals surface area contributed by atoms with Crippen molar-refractivity contribution in [1.29, 1.82) is 0 Å². The molecule has 1 heterocycles. The maximum Gasteiger partial charge on any atom is 0.220 e. The van der Waals surface area contributed by atoms with E-state index in [1.54, 1.807) is 7.05 Å². The number of hydrogen-bond donors (Lipinski definition) is 2. The molecule has 70 valence electrons. The second-order valence-corrected chi connectivity index (χ2v) is 4.17. The van der Waals surface area contributed by atoms with Gasteiger partial charge in [0, 0.05) is 19.2 Å². The summed E-state index contributed by atoms with van der Waals surface area (Å²) in [5, 5.41) is 5.85. The first-order valence-electron chi connectivity index (χ1n) is 4.32. The van der Waals surface area contributed by atoms with Crippen molar-refractivity contribution in [3.63, 3.8) is 0 Å². The molecule has 2 N–H and O–H groups in total. The fourth-order valence-corrected chi connectivity index (χ4v) is 2.07. The number of amides is 1. The summed E-state index contributed by atoms with van der Waals surface area (Å²) in [5.41, 5.74) is 0. The maximum absolute atomic E-state index is 10.8. The Morgan fingerprint density at radius 3 is 2.92 bits per heavy atom. The smallest absolute Gasteiger partial charge is 0.220 e. The lowest BCUT2D eigenvalue weighted by molar-refractivity contribution is -0.120. The molecule has 0 aromatic rings. The highest BCUT2D eigenvalue weighted by Gasteiger charge is 2.15. The fourth-order valence-electron chi connectivity index (χ4n) is 1.01. The minimum Gasteiger partial charge on any atom is -0.359 e. The van der Waals surface area contributed by atoms with Crippen LogP contribution in [0, 0.1) is 5.92 Å². The normalized spacial score (nSPS) is 17.1. The number of carbonyl (C=O) groups is 1. The summed E-state index contributed by atoms with van der Waals surface area (Å²) in [6.45, 7) is 2.32. The topological polar surface area (TPSA) is 41.1 Å². The first kappa shape index (κ1) is 9.86. The summed E-state index contributed by atoms with van der Waals surface area (Å²) < 4.78 is 0. The van der Waals surface area contributed by atoms with E-state index in [0.29, 0.717) is 6.42 Å². The van der Waals surface area contributed by atoms with Gasteiger partial charge in [-0.05, 0) is 24.8 Å². The molecule has 4 heteroatoms. The number of carbonyl (C=O) groups excluding carboxylic acids is 1. The van der Waals surface area contributed by atoms with E-state index >= 15 is 0 Å². The third kappa shape index (κ3) is 3.45. The van der Waals surface area contributed by atoms with Crippen LogP contribution in [-0.4, -0.2) is 37.6 Å². The molecular formula is C8H16N2OS. The highest BCUT2D eigenvalue weighted by Crippen LogP contribution is 2.12. The van der Waals surface area contributed by atoms with Crippen LogP contribution >= 0.6 is 11.8 Å². The molecule has 0 unspecified atom stereocenters. The Kier molecular flexibility index (Phi) is 4.46. The zero-order valence-corrected chi connectivity index (χ0v) is 8.25. The van der Waals surface area contributed by atoms with Crippen molar-refractivity contribution in [3.05, 3.63) is 0 Å². The third-order valence-corrected chi connectivity index (χ3v) is 3.17. The quantitative estimate of drug-likeness (QED) is 0.600. The Morgan fingerprint density at radius 1 is 1.67 bits per heavy atom. The molecule has 0 aromatic carbocycles. The van der Waals surface area contributed by atoms with Crippen LogP contribution in [0.5, 0.6) is 0 Å². The van der Waals surface area contributed by atoms with Gasteiger partial charge in [0.25, 0.3) is 0 Å². The number of hydrogen-bond acceptors (Lipinski definition) is 3. The molecule has 0 aliphatic carbocycles. The summed E-state index contributed by atoms with van der Waals surface area (Å²) in [4.78, 5) is 10.8. The summed E-state index contributed by atoms with van der Waals surface area (Å²) in [6, 6.07) is 0. The average Bonchev–Trinajstić information content (AvgIpc) is 2.00. The number of nitrogens with one attached hydrogen (secondary N) is 2. The molecule has 0 radical (unpaired) electrons. The number of thioether (sulfide) groups is 1. The lowest BCUT2D eigenvalue weighted by Crippen LogP contribution is -2.43. The van der Waals surface area contributed by atoms with Gasteiger partial charge in [-0.1, -0.05) is 0 Å². The molecule has 0 spiro atoms. The lowest BCUT2D eigenvalue weighted by Gasteiger charge is -2.26. The predicted octanol–water partition coefficient (Wildman–Crippen LogP) is 0.0751. The monoisotopic (exact) mass is 188 g/mol. The van der Waals surface area contributed by atoms with Gasteiger partial charge in [-0.2, -0.15) is 11.8 Å². The minimum atomic E-state index is 0.147. The molecule has 0 saturated carbocycles. The van der Waals surface area contributed by atoms with Crippen LogP contribution in [0.2, 0.25) is 0 Å². The highest BCUT2D eigenvalue weighted by molar-refractivity contribution is 7.99. The SMILES string of the molecule is CNC(=O)CCSCC1CNC1.